The van der Waals surface area contributed by atoms with Crippen LogP contribution in [0.2, 0.25) is 0 Å². The van der Waals surface area contributed by atoms with Crippen molar-refractivity contribution in [2.45, 2.75) is 13.5 Å². The smallest absolute Gasteiger partial charge is 0.337 e. The number of carbonyl (C=O) groups excluding carboxylic acids is 1. The third-order valence-corrected chi connectivity index (χ3v) is 3.88. The Hall–Kier alpha value is -1.60. The Balaban J connectivity index is 2.00. The van der Waals surface area contributed by atoms with E-state index in [0.29, 0.717) is 17.2 Å². The number of hydrogen-bond donors (Lipinski definition) is 2. The van der Waals surface area contributed by atoms with Gasteiger partial charge in [0.05, 0.1) is 23.7 Å². The molecule has 1 aliphatic rings. The molecule has 0 amide bonds. The number of esters is 1. The van der Waals surface area contributed by atoms with Crippen molar-refractivity contribution in [1.29, 1.82) is 0 Å². The number of rotatable bonds is 4. The van der Waals surface area contributed by atoms with E-state index in [0.717, 1.165) is 21.5 Å². The van der Waals surface area contributed by atoms with Crippen LogP contribution in [0.25, 0.3) is 0 Å². The molecule has 7 heteroatoms. The van der Waals surface area contributed by atoms with Crippen molar-refractivity contribution in [2.24, 2.45) is 0 Å². The van der Waals surface area contributed by atoms with E-state index < -0.39 is 0 Å². The fraction of sp³-hybridized carbons (Fsp3) is 0.286. The van der Waals surface area contributed by atoms with Crippen LogP contribution >= 0.6 is 28.1 Å². The minimum absolute atomic E-state index is 0.197. The minimum atomic E-state index is -0.359. The summed E-state index contributed by atoms with van der Waals surface area (Å²) in [5.74, 6) is 0.375. The summed E-state index contributed by atoms with van der Waals surface area (Å²) < 4.78 is 11.3. The van der Waals surface area contributed by atoms with Crippen molar-refractivity contribution >= 4 is 39.2 Å². The Morgan fingerprint density at radius 1 is 1.48 bits per heavy atom. The van der Waals surface area contributed by atoms with E-state index in [1.807, 2.05) is 18.2 Å². The van der Waals surface area contributed by atoms with Crippen LogP contribution in [0.3, 0.4) is 0 Å². The number of methoxy groups -OCH3 is 1. The Kier molecular flexibility index (Phi) is 5.19. The van der Waals surface area contributed by atoms with Crippen molar-refractivity contribution in [3.05, 3.63) is 39.5 Å². The molecule has 2 rings (SSSR count). The average molecular weight is 371 g/mol. The van der Waals surface area contributed by atoms with E-state index in [2.05, 4.69) is 26.6 Å². The van der Waals surface area contributed by atoms with Crippen LogP contribution in [-0.4, -0.2) is 24.7 Å². The van der Waals surface area contributed by atoms with E-state index in [1.165, 1.54) is 0 Å². The number of thiocarbonyl (C=S) groups is 1. The highest BCUT2D eigenvalue weighted by Crippen LogP contribution is 2.25. The van der Waals surface area contributed by atoms with E-state index in [1.54, 1.807) is 14.0 Å². The van der Waals surface area contributed by atoms with Gasteiger partial charge in [0.1, 0.15) is 12.4 Å². The fourth-order valence-electron chi connectivity index (χ4n) is 1.85. The lowest BCUT2D eigenvalue weighted by molar-refractivity contribution is -0.140. The normalized spacial score (nSPS) is 14.3. The second kappa shape index (κ2) is 6.91. The third-order valence-electron chi connectivity index (χ3n) is 3.01. The molecule has 0 saturated heterocycles. The predicted octanol–water partition coefficient (Wildman–Crippen LogP) is 2.25. The summed E-state index contributed by atoms with van der Waals surface area (Å²) in [6, 6.07) is 5.53. The van der Waals surface area contributed by atoms with Gasteiger partial charge in [-0.05, 0) is 52.8 Å². The second-order valence-electron chi connectivity index (χ2n) is 4.46. The van der Waals surface area contributed by atoms with E-state index in [4.69, 9.17) is 21.7 Å². The SMILES string of the molecule is COc1ccc(COC(=O)C2=C(C)NC(=S)NC2)cc1Br. The monoisotopic (exact) mass is 370 g/mol. The maximum Gasteiger partial charge on any atom is 0.337 e. The first-order valence-electron chi connectivity index (χ1n) is 6.25. The Morgan fingerprint density at radius 2 is 2.24 bits per heavy atom. The van der Waals surface area contributed by atoms with Gasteiger partial charge in [0, 0.05) is 5.70 Å². The number of nitrogens with one attached hydrogen (secondary N) is 2. The summed E-state index contributed by atoms with van der Waals surface area (Å²) in [5.41, 5.74) is 2.15. The van der Waals surface area contributed by atoms with Gasteiger partial charge in [-0.2, -0.15) is 0 Å². The van der Waals surface area contributed by atoms with Gasteiger partial charge in [0.2, 0.25) is 0 Å². The van der Waals surface area contributed by atoms with Crippen LogP contribution in [0, 0.1) is 0 Å². The van der Waals surface area contributed by atoms with Crippen LogP contribution < -0.4 is 15.4 Å². The van der Waals surface area contributed by atoms with Gasteiger partial charge in [-0.15, -0.1) is 0 Å². The molecule has 1 aliphatic heterocycles. The molecule has 0 spiro atoms. The summed E-state index contributed by atoms with van der Waals surface area (Å²) >= 11 is 8.37. The van der Waals surface area contributed by atoms with Crippen molar-refractivity contribution in [2.75, 3.05) is 13.7 Å². The molecule has 5 nitrogen and oxygen atoms in total. The first kappa shape index (κ1) is 15.8. The van der Waals surface area contributed by atoms with Gasteiger partial charge in [-0.25, -0.2) is 4.79 Å². The van der Waals surface area contributed by atoms with Crippen LogP contribution in [-0.2, 0) is 16.1 Å². The molecular weight excluding hydrogens is 356 g/mol. The summed E-state index contributed by atoms with van der Waals surface area (Å²) in [6.45, 7) is 2.37. The molecule has 0 bridgehead atoms. The maximum absolute atomic E-state index is 12.1. The minimum Gasteiger partial charge on any atom is -0.496 e. The van der Waals surface area contributed by atoms with Crippen LogP contribution in [0.4, 0.5) is 0 Å². The quantitative estimate of drug-likeness (QED) is 0.626. The van der Waals surface area contributed by atoms with E-state index in [9.17, 15) is 4.79 Å². The molecule has 0 aromatic heterocycles. The number of halogens is 1. The topological polar surface area (TPSA) is 59.6 Å². The van der Waals surface area contributed by atoms with Crippen molar-refractivity contribution < 1.29 is 14.3 Å². The number of benzene rings is 1. The second-order valence-corrected chi connectivity index (χ2v) is 5.72. The van der Waals surface area contributed by atoms with Crippen LogP contribution in [0.5, 0.6) is 5.75 Å². The lowest BCUT2D eigenvalue weighted by Gasteiger charge is -2.20. The highest BCUT2D eigenvalue weighted by Gasteiger charge is 2.19. The Labute approximate surface area is 136 Å². The highest BCUT2D eigenvalue weighted by molar-refractivity contribution is 9.10. The summed E-state index contributed by atoms with van der Waals surface area (Å²) in [7, 11) is 1.60. The van der Waals surface area contributed by atoms with Crippen molar-refractivity contribution in [1.82, 2.24) is 10.6 Å². The standard InChI is InChI=1S/C14H15BrN2O3S/c1-8-10(6-16-14(21)17-8)13(18)20-7-9-3-4-12(19-2)11(15)5-9/h3-5H,6-7H2,1-2H3,(H2,16,17,21). The zero-order chi connectivity index (χ0) is 15.4. The molecule has 21 heavy (non-hydrogen) atoms. The number of allylic oxidation sites excluding steroid dienone is 1. The van der Waals surface area contributed by atoms with Crippen LogP contribution in [0.1, 0.15) is 12.5 Å². The molecule has 0 atom stereocenters. The first-order valence-corrected chi connectivity index (χ1v) is 7.45. The summed E-state index contributed by atoms with van der Waals surface area (Å²) in [5, 5.41) is 6.33. The number of hydrogen-bond acceptors (Lipinski definition) is 4. The summed E-state index contributed by atoms with van der Waals surface area (Å²) in [6.07, 6.45) is 0. The summed E-state index contributed by atoms with van der Waals surface area (Å²) in [4.78, 5) is 12.1. The largest absolute Gasteiger partial charge is 0.496 e. The van der Waals surface area contributed by atoms with Gasteiger partial charge in [-0.3, -0.25) is 0 Å². The first-order chi connectivity index (χ1) is 10.0. The van der Waals surface area contributed by atoms with Crippen molar-refractivity contribution in [3.63, 3.8) is 0 Å². The van der Waals surface area contributed by atoms with Gasteiger partial charge in [0.15, 0.2) is 5.11 Å². The van der Waals surface area contributed by atoms with E-state index >= 15 is 0 Å². The van der Waals surface area contributed by atoms with Crippen molar-refractivity contribution in [3.8, 4) is 5.75 Å². The Morgan fingerprint density at radius 3 is 2.86 bits per heavy atom. The molecule has 112 valence electrons. The third kappa shape index (κ3) is 3.95. The molecule has 0 radical (unpaired) electrons. The lowest BCUT2D eigenvalue weighted by Crippen LogP contribution is -2.42. The molecule has 2 N–H and O–H groups in total. The predicted molar refractivity (Wildman–Crippen MR) is 86.9 cm³/mol. The van der Waals surface area contributed by atoms with Gasteiger partial charge >= 0.3 is 5.97 Å². The molecule has 0 saturated carbocycles. The van der Waals surface area contributed by atoms with E-state index in [-0.39, 0.29) is 12.6 Å². The van der Waals surface area contributed by atoms with Gasteiger partial charge < -0.3 is 20.1 Å². The van der Waals surface area contributed by atoms with Gasteiger partial charge in [-0.1, -0.05) is 6.07 Å². The highest BCUT2D eigenvalue weighted by atomic mass is 79.9. The lowest BCUT2D eigenvalue weighted by atomic mass is 10.2. The number of ether oxygens (including phenoxy) is 2. The van der Waals surface area contributed by atoms with Gasteiger partial charge in [0.25, 0.3) is 0 Å². The zero-order valence-electron chi connectivity index (χ0n) is 11.7. The average Bonchev–Trinajstić information content (AvgIpc) is 2.45. The number of carbonyl (C=O) groups is 1. The zero-order valence-corrected chi connectivity index (χ0v) is 14.1. The Bertz CT molecular complexity index is 616. The molecule has 1 aromatic rings. The molecular formula is C14H15BrN2O3S. The molecule has 1 aromatic carbocycles. The fourth-order valence-corrected chi connectivity index (χ4v) is 2.67. The molecule has 0 fully saturated rings. The molecule has 0 aliphatic carbocycles. The molecule has 1 heterocycles. The van der Waals surface area contributed by atoms with Crippen LogP contribution in [0.15, 0.2) is 33.9 Å². The maximum atomic E-state index is 12.1. The molecule has 0 unspecified atom stereocenters.